The molecule has 2 aliphatic heterocycles. The van der Waals surface area contributed by atoms with E-state index >= 15 is 0 Å². The molecule has 2 aliphatic rings. The monoisotopic (exact) mass is 543 g/mol. The molecule has 6 nitrogen and oxygen atoms in total. The first kappa shape index (κ1) is 27.8. The number of ether oxygens (including phenoxy) is 1. The number of rotatable bonds is 9. The van der Waals surface area contributed by atoms with E-state index in [4.69, 9.17) is 4.74 Å². The average Bonchev–Trinajstić information content (AvgIpc) is 3.26. The number of likely N-dealkylation sites (tertiary alicyclic amines) is 1. The predicted octanol–water partition coefficient (Wildman–Crippen LogP) is 5.70. The van der Waals surface area contributed by atoms with Crippen molar-refractivity contribution >= 4 is 11.8 Å². The van der Waals surface area contributed by atoms with E-state index in [0.717, 1.165) is 42.7 Å². The molecule has 1 N–H and O–H groups in total. The molecule has 0 saturated carbocycles. The third kappa shape index (κ3) is 6.36. The van der Waals surface area contributed by atoms with E-state index in [2.05, 4.69) is 10.2 Å². The van der Waals surface area contributed by atoms with Gasteiger partial charge in [0, 0.05) is 18.7 Å². The van der Waals surface area contributed by atoms with Gasteiger partial charge in [-0.05, 0) is 85.9 Å². The molecule has 5 rings (SSSR count). The van der Waals surface area contributed by atoms with Crippen molar-refractivity contribution < 1.29 is 18.7 Å². The molecule has 40 heavy (non-hydrogen) atoms. The second kappa shape index (κ2) is 13.1. The minimum absolute atomic E-state index is 0.0965. The smallest absolute Gasteiger partial charge is 0.255 e. The molecule has 2 atom stereocenters. The number of nitrogens with one attached hydrogen (secondary N) is 1. The molecule has 7 heteroatoms. The van der Waals surface area contributed by atoms with Crippen molar-refractivity contribution in [3.63, 3.8) is 0 Å². The Labute approximate surface area is 236 Å². The van der Waals surface area contributed by atoms with Crippen LogP contribution >= 0.6 is 0 Å². The van der Waals surface area contributed by atoms with E-state index < -0.39 is 12.0 Å². The van der Waals surface area contributed by atoms with Gasteiger partial charge in [0.25, 0.3) is 5.91 Å². The number of fused-ring (bicyclic) bond motifs is 1. The quantitative estimate of drug-likeness (QED) is 0.352. The predicted molar refractivity (Wildman–Crippen MR) is 154 cm³/mol. The van der Waals surface area contributed by atoms with Gasteiger partial charge in [-0.3, -0.25) is 9.59 Å². The summed E-state index contributed by atoms with van der Waals surface area (Å²) in [6.45, 7) is 4.06. The van der Waals surface area contributed by atoms with E-state index in [-0.39, 0.29) is 24.2 Å². The van der Waals surface area contributed by atoms with E-state index in [1.165, 1.54) is 37.8 Å². The fourth-order valence-corrected chi connectivity index (χ4v) is 5.99. The number of halogens is 1. The second-order valence-corrected chi connectivity index (χ2v) is 10.7. The van der Waals surface area contributed by atoms with Crippen LogP contribution in [0, 0.1) is 5.82 Å². The summed E-state index contributed by atoms with van der Waals surface area (Å²) in [6, 6.07) is 20.6. The summed E-state index contributed by atoms with van der Waals surface area (Å²) >= 11 is 0. The van der Waals surface area contributed by atoms with Gasteiger partial charge in [0.15, 0.2) is 0 Å². The van der Waals surface area contributed by atoms with Gasteiger partial charge in [0.2, 0.25) is 5.91 Å². The maximum atomic E-state index is 14.0. The van der Waals surface area contributed by atoms with Crippen LogP contribution in [0.25, 0.3) is 0 Å². The van der Waals surface area contributed by atoms with Gasteiger partial charge in [0.05, 0.1) is 19.1 Å². The highest BCUT2D eigenvalue weighted by molar-refractivity contribution is 6.01. The molecule has 2 heterocycles. The van der Waals surface area contributed by atoms with E-state index in [0.29, 0.717) is 17.9 Å². The SMILES string of the molecule is COc1ccc([C@@H]2[C@H](C(=O)NCCCN3CCCCCC3)c3ccccc3C(=O)N2Cc2ccc(F)cc2)cc1. The van der Waals surface area contributed by atoms with Crippen molar-refractivity contribution in [3.8, 4) is 5.75 Å². The Morgan fingerprint density at radius 3 is 2.35 bits per heavy atom. The Bertz CT molecular complexity index is 1290. The van der Waals surface area contributed by atoms with Crippen LogP contribution in [0.2, 0.25) is 0 Å². The number of hydrogen-bond donors (Lipinski definition) is 1. The maximum absolute atomic E-state index is 14.0. The summed E-state index contributed by atoms with van der Waals surface area (Å²) in [6.07, 6.45) is 5.97. The normalized spacial score (nSPS) is 19.6. The van der Waals surface area contributed by atoms with Gasteiger partial charge in [-0.1, -0.05) is 55.3 Å². The number of methoxy groups -OCH3 is 1. The van der Waals surface area contributed by atoms with Gasteiger partial charge in [-0.25, -0.2) is 4.39 Å². The topological polar surface area (TPSA) is 61.9 Å². The first-order valence-electron chi connectivity index (χ1n) is 14.3. The molecule has 0 aliphatic carbocycles. The Morgan fingerprint density at radius 2 is 1.65 bits per heavy atom. The molecule has 210 valence electrons. The van der Waals surface area contributed by atoms with Gasteiger partial charge >= 0.3 is 0 Å². The van der Waals surface area contributed by atoms with Crippen molar-refractivity contribution in [2.75, 3.05) is 33.3 Å². The standard InChI is InChI=1S/C33H38FN3O3/c1-40-27-17-13-25(14-18-27)31-30(32(38)35-19-8-22-36-20-6-2-3-7-21-36)28-9-4-5-10-29(28)33(39)37(31)23-24-11-15-26(34)16-12-24/h4-5,9-18,30-31H,2-3,6-8,19-23H2,1H3,(H,35,38)/t30-,31-/m1/s1. The lowest BCUT2D eigenvalue weighted by Crippen LogP contribution is -2.47. The number of benzene rings is 3. The minimum Gasteiger partial charge on any atom is -0.497 e. The van der Waals surface area contributed by atoms with Crippen LogP contribution in [0.3, 0.4) is 0 Å². The number of carbonyl (C=O) groups excluding carboxylic acids is 2. The van der Waals surface area contributed by atoms with Crippen molar-refractivity contribution in [2.24, 2.45) is 0 Å². The highest BCUT2D eigenvalue weighted by Crippen LogP contribution is 2.44. The highest BCUT2D eigenvalue weighted by atomic mass is 19.1. The summed E-state index contributed by atoms with van der Waals surface area (Å²) in [4.78, 5) is 32.1. The molecule has 1 fully saturated rings. The van der Waals surface area contributed by atoms with Crippen molar-refractivity contribution in [3.05, 3.63) is 101 Å². The molecule has 0 spiro atoms. The Balaban J connectivity index is 1.44. The van der Waals surface area contributed by atoms with E-state index in [1.807, 2.05) is 42.5 Å². The van der Waals surface area contributed by atoms with Crippen molar-refractivity contribution in [2.45, 2.75) is 50.6 Å². The zero-order valence-corrected chi connectivity index (χ0v) is 23.2. The molecule has 3 aromatic rings. The maximum Gasteiger partial charge on any atom is 0.255 e. The summed E-state index contributed by atoms with van der Waals surface area (Å²) in [5.41, 5.74) is 2.90. The lowest BCUT2D eigenvalue weighted by atomic mass is 9.79. The largest absolute Gasteiger partial charge is 0.497 e. The number of amides is 2. The number of carbonyl (C=O) groups is 2. The molecule has 0 radical (unpaired) electrons. The average molecular weight is 544 g/mol. The zero-order valence-electron chi connectivity index (χ0n) is 23.2. The van der Waals surface area contributed by atoms with Gasteiger partial charge in [-0.2, -0.15) is 0 Å². The first-order valence-corrected chi connectivity index (χ1v) is 14.3. The fourth-order valence-electron chi connectivity index (χ4n) is 5.99. The van der Waals surface area contributed by atoms with Gasteiger partial charge in [-0.15, -0.1) is 0 Å². The minimum atomic E-state index is -0.596. The summed E-state index contributed by atoms with van der Waals surface area (Å²) in [5.74, 6) is -0.471. The molecule has 2 amide bonds. The molecular weight excluding hydrogens is 505 g/mol. The van der Waals surface area contributed by atoms with Crippen LogP contribution in [0.1, 0.15) is 71.1 Å². The molecular formula is C33H38FN3O3. The summed E-state index contributed by atoms with van der Waals surface area (Å²) in [5, 5.41) is 3.20. The molecule has 0 aromatic heterocycles. The number of hydrogen-bond acceptors (Lipinski definition) is 4. The van der Waals surface area contributed by atoms with Gasteiger partial charge < -0.3 is 19.9 Å². The van der Waals surface area contributed by atoms with Crippen LogP contribution in [-0.4, -0.2) is 54.9 Å². The Kier molecular flexibility index (Phi) is 9.12. The molecule has 3 aromatic carbocycles. The molecule has 0 bridgehead atoms. The summed E-state index contributed by atoms with van der Waals surface area (Å²) in [7, 11) is 1.61. The Hall–Kier alpha value is -3.71. The Morgan fingerprint density at radius 1 is 0.950 bits per heavy atom. The van der Waals surface area contributed by atoms with Crippen molar-refractivity contribution in [1.82, 2.24) is 15.1 Å². The van der Waals surface area contributed by atoms with Crippen molar-refractivity contribution in [1.29, 1.82) is 0 Å². The first-order chi connectivity index (χ1) is 19.5. The van der Waals surface area contributed by atoms with Crippen LogP contribution in [-0.2, 0) is 11.3 Å². The van der Waals surface area contributed by atoms with E-state index in [1.54, 1.807) is 30.2 Å². The lowest BCUT2D eigenvalue weighted by molar-refractivity contribution is -0.124. The summed E-state index contributed by atoms with van der Waals surface area (Å²) < 4.78 is 19.0. The van der Waals surface area contributed by atoms with Crippen LogP contribution in [0.15, 0.2) is 72.8 Å². The van der Waals surface area contributed by atoms with E-state index in [9.17, 15) is 14.0 Å². The lowest BCUT2D eigenvalue weighted by Gasteiger charge is -2.42. The third-order valence-corrected chi connectivity index (χ3v) is 8.09. The third-order valence-electron chi connectivity index (χ3n) is 8.09. The molecule has 1 saturated heterocycles. The molecule has 0 unspecified atom stereocenters. The number of nitrogens with zero attached hydrogens (tertiary/aromatic N) is 2. The second-order valence-electron chi connectivity index (χ2n) is 10.7. The van der Waals surface area contributed by atoms with Gasteiger partial charge in [0.1, 0.15) is 11.6 Å². The van der Waals surface area contributed by atoms with Crippen LogP contribution < -0.4 is 10.1 Å². The fraction of sp³-hybridized carbons (Fsp3) is 0.394. The van der Waals surface area contributed by atoms with Crippen LogP contribution in [0.4, 0.5) is 4.39 Å². The van der Waals surface area contributed by atoms with Crippen LogP contribution in [0.5, 0.6) is 5.75 Å². The highest BCUT2D eigenvalue weighted by Gasteiger charge is 2.44. The zero-order chi connectivity index (χ0) is 27.9.